The number of halogens is 3. The zero-order valence-electron chi connectivity index (χ0n) is 13.6. The van der Waals surface area contributed by atoms with Crippen LogP contribution in [0.5, 0.6) is 0 Å². The van der Waals surface area contributed by atoms with E-state index in [4.69, 9.17) is 0 Å². The Morgan fingerprint density at radius 1 is 1.15 bits per heavy atom. The van der Waals surface area contributed by atoms with Gasteiger partial charge >= 0.3 is 6.18 Å². The summed E-state index contributed by atoms with van der Waals surface area (Å²) < 4.78 is 39.6. The summed E-state index contributed by atoms with van der Waals surface area (Å²) in [6.07, 6.45) is -1.54. The molecule has 0 saturated heterocycles. The van der Waals surface area contributed by atoms with E-state index in [0.29, 0.717) is 10.0 Å². The number of nitrogens with one attached hydrogen (secondary N) is 1. The first kappa shape index (κ1) is 18.5. The Hall–Kier alpha value is -2.32. The minimum absolute atomic E-state index is 0.00244. The van der Waals surface area contributed by atoms with Crippen LogP contribution in [0.4, 0.5) is 18.3 Å². The first-order chi connectivity index (χ1) is 12.5. The molecule has 8 heteroatoms. The molecule has 134 valence electrons. The van der Waals surface area contributed by atoms with Gasteiger partial charge < -0.3 is 0 Å². The standard InChI is InChI=1S/C18H14F3N3S2/c1-25-14-8-7-13(15(9-14)18(19,20)21)10-22-24-17-23-16(11-26-17)12-5-3-2-4-6-12/h2-11H,1H3,(H,23,24). The van der Waals surface area contributed by atoms with Gasteiger partial charge in [-0.05, 0) is 18.4 Å². The number of thiazole rings is 1. The van der Waals surface area contributed by atoms with E-state index in [1.165, 1.54) is 29.2 Å². The fraction of sp³-hybridized carbons (Fsp3) is 0.111. The fourth-order valence-electron chi connectivity index (χ4n) is 2.24. The van der Waals surface area contributed by atoms with Crippen LogP contribution in [-0.2, 0) is 6.18 Å². The number of hydrazone groups is 1. The summed E-state index contributed by atoms with van der Waals surface area (Å²) in [4.78, 5) is 4.93. The molecule has 0 saturated carbocycles. The SMILES string of the molecule is CSc1ccc(C=NNc2nc(-c3ccccc3)cs2)c(C(F)(F)F)c1. The molecule has 1 heterocycles. The van der Waals surface area contributed by atoms with E-state index in [1.807, 2.05) is 35.7 Å². The summed E-state index contributed by atoms with van der Waals surface area (Å²) in [5, 5.41) is 6.29. The molecule has 2 aromatic carbocycles. The summed E-state index contributed by atoms with van der Waals surface area (Å²) in [5.41, 5.74) is 3.74. The molecular weight excluding hydrogens is 379 g/mol. The molecule has 0 bridgehead atoms. The van der Waals surface area contributed by atoms with Crippen molar-refractivity contribution in [2.45, 2.75) is 11.1 Å². The molecule has 0 fully saturated rings. The number of thioether (sulfide) groups is 1. The normalized spacial score (nSPS) is 11.8. The van der Waals surface area contributed by atoms with Crippen LogP contribution in [0.25, 0.3) is 11.3 Å². The number of nitrogens with zero attached hydrogens (tertiary/aromatic N) is 2. The minimum Gasteiger partial charge on any atom is -0.253 e. The molecule has 3 aromatic rings. The van der Waals surface area contributed by atoms with Gasteiger partial charge in [-0.3, -0.25) is 5.43 Å². The van der Waals surface area contributed by atoms with Crippen molar-refractivity contribution in [3.05, 3.63) is 65.0 Å². The minimum atomic E-state index is -4.44. The van der Waals surface area contributed by atoms with Gasteiger partial charge in [0, 0.05) is 21.4 Å². The Kier molecular flexibility index (Phi) is 5.63. The molecular formula is C18H14F3N3S2. The average molecular weight is 393 g/mol. The number of rotatable bonds is 5. The van der Waals surface area contributed by atoms with Gasteiger partial charge in [-0.2, -0.15) is 18.3 Å². The highest BCUT2D eigenvalue weighted by Gasteiger charge is 2.33. The molecule has 0 aliphatic carbocycles. The molecule has 1 N–H and O–H groups in total. The number of benzene rings is 2. The largest absolute Gasteiger partial charge is 0.417 e. The molecule has 0 aliphatic rings. The molecule has 0 aliphatic heterocycles. The van der Waals surface area contributed by atoms with Crippen molar-refractivity contribution in [1.82, 2.24) is 4.98 Å². The van der Waals surface area contributed by atoms with Crippen LogP contribution in [0.15, 0.2) is 63.9 Å². The summed E-state index contributed by atoms with van der Waals surface area (Å²) >= 11 is 2.59. The second-order valence-electron chi connectivity index (χ2n) is 5.22. The Balaban J connectivity index is 1.76. The van der Waals surface area contributed by atoms with Crippen LogP contribution in [0.2, 0.25) is 0 Å². The van der Waals surface area contributed by atoms with Crippen molar-refractivity contribution in [2.75, 3.05) is 11.7 Å². The van der Waals surface area contributed by atoms with E-state index in [2.05, 4.69) is 15.5 Å². The number of hydrogen-bond donors (Lipinski definition) is 1. The van der Waals surface area contributed by atoms with Crippen LogP contribution in [0, 0.1) is 0 Å². The third-order valence-corrected chi connectivity index (χ3v) is 4.98. The summed E-state index contributed by atoms with van der Waals surface area (Å²) in [5.74, 6) is 0. The van der Waals surface area contributed by atoms with E-state index in [1.54, 1.807) is 12.3 Å². The molecule has 0 atom stereocenters. The van der Waals surface area contributed by atoms with Crippen molar-refractivity contribution >= 4 is 34.4 Å². The molecule has 26 heavy (non-hydrogen) atoms. The molecule has 0 amide bonds. The Morgan fingerprint density at radius 3 is 2.62 bits per heavy atom. The molecule has 3 rings (SSSR count). The first-order valence-electron chi connectivity index (χ1n) is 7.52. The van der Waals surface area contributed by atoms with Crippen molar-refractivity contribution in [3.8, 4) is 11.3 Å². The second kappa shape index (κ2) is 7.92. The fourth-order valence-corrected chi connectivity index (χ4v) is 3.35. The van der Waals surface area contributed by atoms with E-state index in [9.17, 15) is 13.2 Å². The van der Waals surface area contributed by atoms with Crippen LogP contribution in [0.3, 0.4) is 0 Å². The number of anilines is 1. The van der Waals surface area contributed by atoms with Gasteiger partial charge in [0.1, 0.15) is 0 Å². The highest BCUT2D eigenvalue weighted by atomic mass is 32.2. The van der Waals surface area contributed by atoms with Crippen LogP contribution in [0.1, 0.15) is 11.1 Å². The monoisotopic (exact) mass is 393 g/mol. The lowest BCUT2D eigenvalue weighted by Gasteiger charge is -2.11. The van der Waals surface area contributed by atoms with Gasteiger partial charge in [-0.1, -0.05) is 36.4 Å². The lowest BCUT2D eigenvalue weighted by Crippen LogP contribution is -2.09. The van der Waals surface area contributed by atoms with Gasteiger partial charge in [-0.25, -0.2) is 4.98 Å². The van der Waals surface area contributed by atoms with E-state index in [-0.39, 0.29) is 5.56 Å². The Bertz CT molecular complexity index is 906. The lowest BCUT2D eigenvalue weighted by atomic mass is 10.1. The molecule has 3 nitrogen and oxygen atoms in total. The van der Waals surface area contributed by atoms with Crippen LogP contribution >= 0.6 is 23.1 Å². The number of hydrogen-bond acceptors (Lipinski definition) is 5. The molecule has 0 unspecified atom stereocenters. The van der Waals surface area contributed by atoms with E-state index in [0.717, 1.165) is 23.5 Å². The lowest BCUT2D eigenvalue weighted by molar-refractivity contribution is -0.137. The molecule has 1 aromatic heterocycles. The van der Waals surface area contributed by atoms with Crippen molar-refractivity contribution < 1.29 is 13.2 Å². The van der Waals surface area contributed by atoms with Crippen LogP contribution in [-0.4, -0.2) is 17.5 Å². The van der Waals surface area contributed by atoms with Crippen LogP contribution < -0.4 is 5.43 Å². The quantitative estimate of drug-likeness (QED) is 0.328. The van der Waals surface area contributed by atoms with E-state index >= 15 is 0 Å². The average Bonchev–Trinajstić information content (AvgIpc) is 3.11. The molecule has 0 radical (unpaired) electrons. The third kappa shape index (κ3) is 4.44. The zero-order chi connectivity index (χ0) is 18.6. The van der Waals surface area contributed by atoms with Gasteiger partial charge in [-0.15, -0.1) is 23.1 Å². The molecule has 0 spiro atoms. The van der Waals surface area contributed by atoms with Gasteiger partial charge in [0.05, 0.1) is 17.5 Å². The maximum atomic E-state index is 13.2. The summed E-state index contributed by atoms with van der Waals surface area (Å²) in [6.45, 7) is 0. The summed E-state index contributed by atoms with van der Waals surface area (Å²) in [7, 11) is 0. The van der Waals surface area contributed by atoms with Gasteiger partial charge in [0.2, 0.25) is 5.13 Å². The Morgan fingerprint density at radius 2 is 1.92 bits per heavy atom. The first-order valence-corrected chi connectivity index (χ1v) is 9.63. The van der Waals surface area contributed by atoms with Crippen molar-refractivity contribution in [1.29, 1.82) is 0 Å². The second-order valence-corrected chi connectivity index (χ2v) is 6.96. The third-order valence-electron chi connectivity index (χ3n) is 3.50. The van der Waals surface area contributed by atoms with Crippen molar-refractivity contribution in [2.24, 2.45) is 5.10 Å². The highest BCUT2D eigenvalue weighted by molar-refractivity contribution is 7.98. The number of alkyl halides is 3. The number of aromatic nitrogens is 1. The predicted molar refractivity (Wildman–Crippen MR) is 102 cm³/mol. The smallest absolute Gasteiger partial charge is 0.253 e. The van der Waals surface area contributed by atoms with Gasteiger partial charge in [0.15, 0.2) is 0 Å². The zero-order valence-corrected chi connectivity index (χ0v) is 15.3. The topological polar surface area (TPSA) is 37.3 Å². The highest BCUT2D eigenvalue weighted by Crippen LogP contribution is 2.34. The van der Waals surface area contributed by atoms with E-state index < -0.39 is 11.7 Å². The maximum absolute atomic E-state index is 13.2. The Labute approximate surface area is 157 Å². The maximum Gasteiger partial charge on any atom is 0.417 e. The predicted octanol–water partition coefficient (Wildman–Crippen LogP) is 6.00. The van der Waals surface area contributed by atoms with Crippen molar-refractivity contribution in [3.63, 3.8) is 0 Å². The van der Waals surface area contributed by atoms with Gasteiger partial charge in [0.25, 0.3) is 0 Å². The summed E-state index contributed by atoms with van der Waals surface area (Å²) in [6, 6.07) is 13.8.